The van der Waals surface area contributed by atoms with Crippen molar-refractivity contribution in [2.75, 3.05) is 12.4 Å². The van der Waals surface area contributed by atoms with E-state index in [0.29, 0.717) is 18.4 Å². The summed E-state index contributed by atoms with van der Waals surface area (Å²) in [6.07, 6.45) is 1.50. The Bertz CT molecular complexity index is 1630. The predicted molar refractivity (Wildman–Crippen MR) is 141 cm³/mol. The molecule has 5 rings (SSSR count). The minimum absolute atomic E-state index is 0.101. The van der Waals surface area contributed by atoms with Gasteiger partial charge in [-0.25, -0.2) is 23.1 Å². The predicted octanol–water partition coefficient (Wildman–Crippen LogP) is 6.60. The first-order chi connectivity index (χ1) is 18.4. The lowest BCUT2D eigenvalue weighted by Crippen LogP contribution is -2.27. The molecule has 1 heterocycles. The van der Waals surface area contributed by atoms with Gasteiger partial charge in [-0.1, -0.05) is 42.5 Å². The summed E-state index contributed by atoms with van der Waals surface area (Å²) in [5.74, 6) is -2.24. The third-order valence-electron chi connectivity index (χ3n) is 6.23. The van der Waals surface area contributed by atoms with E-state index < -0.39 is 23.4 Å². The Kier molecular flexibility index (Phi) is 7.04. The number of halogens is 3. The normalized spacial score (nSPS) is 10.9. The molecule has 4 aromatic carbocycles. The summed E-state index contributed by atoms with van der Waals surface area (Å²) >= 11 is 0. The van der Waals surface area contributed by atoms with Crippen molar-refractivity contribution in [3.8, 4) is 11.1 Å². The minimum atomic E-state index is -0.967. The zero-order valence-corrected chi connectivity index (χ0v) is 20.5. The molecule has 1 N–H and O–H groups in total. The molecule has 1 amide bonds. The summed E-state index contributed by atoms with van der Waals surface area (Å²) in [5.41, 5.74) is 3.39. The van der Waals surface area contributed by atoms with Gasteiger partial charge in [-0.05, 0) is 53.1 Å². The lowest BCUT2D eigenvalue weighted by molar-refractivity contribution is 0.0779. The molecular weight excluding hydrogens is 489 g/mol. The number of fused-ring (bicyclic) bond motifs is 1. The van der Waals surface area contributed by atoms with Crippen molar-refractivity contribution in [2.24, 2.45) is 0 Å². The van der Waals surface area contributed by atoms with E-state index in [4.69, 9.17) is 0 Å². The summed E-state index contributed by atoms with van der Waals surface area (Å²) in [7, 11) is 1.44. The van der Waals surface area contributed by atoms with Crippen molar-refractivity contribution in [3.05, 3.63) is 125 Å². The summed E-state index contributed by atoms with van der Waals surface area (Å²) in [4.78, 5) is 22.7. The van der Waals surface area contributed by atoms with Gasteiger partial charge >= 0.3 is 0 Å². The number of nitrogens with zero attached hydrogens (tertiary/aromatic N) is 3. The van der Waals surface area contributed by atoms with Gasteiger partial charge in [0.25, 0.3) is 5.91 Å². The van der Waals surface area contributed by atoms with E-state index >= 15 is 0 Å². The summed E-state index contributed by atoms with van der Waals surface area (Å²) < 4.78 is 42.1. The third kappa shape index (κ3) is 5.34. The number of rotatable bonds is 7. The lowest BCUT2D eigenvalue weighted by Gasteiger charge is -2.19. The van der Waals surface area contributed by atoms with Crippen LogP contribution in [0.1, 0.15) is 21.5 Å². The number of nitrogens with one attached hydrogen (secondary N) is 1. The number of carbonyl (C=O) groups is 1. The second-order valence-electron chi connectivity index (χ2n) is 8.88. The lowest BCUT2D eigenvalue weighted by atomic mass is 10.0. The Balaban J connectivity index is 1.41. The second-order valence-corrected chi connectivity index (χ2v) is 8.88. The summed E-state index contributed by atoms with van der Waals surface area (Å²) in [6.45, 7) is 0.489. The van der Waals surface area contributed by atoms with E-state index in [1.807, 2.05) is 48.5 Å². The molecule has 5 aromatic rings. The van der Waals surface area contributed by atoms with E-state index in [1.165, 1.54) is 24.3 Å². The zero-order chi connectivity index (χ0) is 26.6. The fraction of sp³-hybridized carbons (Fsp3) is 0.100. The molecule has 5 nitrogen and oxygen atoms in total. The standard InChI is InChI=1S/C30H23F3N4O/c1-37(30(38)24-10-9-23(31)15-27(24)33)17-22-13-20(7-11-26(22)32)21-8-12-28-25(14-21)29(36-18-35-28)34-16-19-5-3-2-4-6-19/h2-15,18H,16-17H2,1H3,(H,34,35,36). The molecule has 38 heavy (non-hydrogen) atoms. The van der Waals surface area contributed by atoms with Crippen LogP contribution in [0.3, 0.4) is 0 Å². The molecule has 0 aliphatic heterocycles. The maximum Gasteiger partial charge on any atom is 0.256 e. The van der Waals surface area contributed by atoms with Crippen LogP contribution in [0.5, 0.6) is 0 Å². The number of aromatic nitrogens is 2. The Hall–Kier alpha value is -4.72. The van der Waals surface area contributed by atoms with Crippen LogP contribution in [0.4, 0.5) is 19.0 Å². The van der Waals surface area contributed by atoms with Gasteiger partial charge in [0.1, 0.15) is 29.6 Å². The van der Waals surface area contributed by atoms with Crippen molar-refractivity contribution in [1.29, 1.82) is 0 Å². The van der Waals surface area contributed by atoms with Crippen LogP contribution in [0.15, 0.2) is 91.3 Å². The topological polar surface area (TPSA) is 58.1 Å². The van der Waals surface area contributed by atoms with Crippen LogP contribution in [0.25, 0.3) is 22.0 Å². The molecule has 0 spiro atoms. The van der Waals surface area contributed by atoms with Crippen molar-refractivity contribution in [3.63, 3.8) is 0 Å². The average Bonchev–Trinajstić information content (AvgIpc) is 2.93. The zero-order valence-electron chi connectivity index (χ0n) is 20.5. The Morgan fingerprint density at radius 2 is 1.61 bits per heavy atom. The fourth-order valence-electron chi connectivity index (χ4n) is 4.23. The highest BCUT2D eigenvalue weighted by Crippen LogP contribution is 2.29. The number of amides is 1. The van der Waals surface area contributed by atoms with Crippen molar-refractivity contribution < 1.29 is 18.0 Å². The van der Waals surface area contributed by atoms with E-state index in [0.717, 1.165) is 39.7 Å². The molecular formula is C30H23F3N4O. The van der Waals surface area contributed by atoms with Gasteiger partial charge in [-0.15, -0.1) is 0 Å². The first-order valence-corrected chi connectivity index (χ1v) is 11.9. The smallest absolute Gasteiger partial charge is 0.256 e. The van der Waals surface area contributed by atoms with Gasteiger partial charge in [0, 0.05) is 37.2 Å². The minimum Gasteiger partial charge on any atom is -0.365 e. The Morgan fingerprint density at radius 3 is 2.39 bits per heavy atom. The molecule has 0 aliphatic carbocycles. The molecule has 0 atom stereocenters. The third-order valence-corrected chi connectivity index (χ3v) is 6.23. The number of anilines is 1. The van der Waals surface area contributed by atoms with Gasteiger partial charge in [0.15, 0.2) is 0 Å². The second kappa shape index (κ2) is 10.7. The molecule has 8 heteroatoms. The molecule has 0 bridgehead atoms. The molecule has 0 fully saturated rings. The maximum absolute atomic E-state index is 14.7. The highest BCUT2D eigenvalue weighted by Gasteiger charge is 2.19. The van der Waals surface area contributed by atoms with Crippen LogP contribution >= 0.6 is 0 Å². The molecule has 0 unspecified atom stereocenters. The van der Waals surface area contributed by atoms with Crippen molar-refractivity contribution in [1.82, 2.24) is 14.9 Å². The van der Waals surface area contributed by atoms with E-state index in [-0.39, 0.29) is 17.7 Å². The van der Waals surface area contributed by atoms with Crippen LogP contribution in [-0.2, 0) is 13.1 Å². The summed E-state index contributed by atoms with van der Waals surface area (Å²) in [5, 5.41) is 4.17. The number of benzene rings is 4. The summed E-state index contributed by atoms with van der Waals surface area (Å²) in [6, 6.07) is 23.0. The highest BCUT2D eigenvalue weighted by atomic mass is 19.1. The maximum atomic E-state index is 14.7. The molecule has 1 aromatic heterocycles. The number of hydrogen-bond donors (Lipinski definition) is 1. The van der Waals surface area contributed by atoms with Crippen LogP contribution in [0, 0.1) is 17.5 Å². The van der Waals surface area contributed by atoms with Crippen LogP contribution < -0.4 is 5.32 Å². The van der Waals surface area contributed by atoms with Gasteiger partial charge in [-0.3, -0.25) is 4.79 Å². The monoisotopic (exact) mass is 512 g/mol. The quantitative estimate of drug-likeness (QED) is 0.267. The number of hydrogen-bond acceptors (Lipinski definition) is 4. The average molecular weight is 513 g/mol. The van der Waals surface area contributed by atoms with Gasteiger partial charge in [0.2, 0.25) is 0 Å². The first-order valence-electron chi connectivity index (χ1n) is 11.9. The Morgan fingerprint density at radius 1 is 0.842 bits per heavy atom. The van der Waals surface area contributed by atoms with E-state index in [2.05, 4.69) is 15.3 Å². The van der Waals surface area contributed by atoms with Gasteiger partial charge in [0.05, 0.1) is 11.1 Å². The van der Waals surface area contributed by atoms with Gasteiger partial charge in [-0.2, -0.15) is 0 Å². The van der Waals surface area contributed by atoms with Crippen molar-refractivity contribution >= 4 is 22.6 Å². The largest absolute Gasteiger partial charge is 0.365 e. The van der Waals surface area contributed by atoms with E-state index in [1.54, 1.807) is 12.1 Å². The fourth-order valence-corrected chi connectivity index (χ4v) is 4.23. The number of carbonyl (C=O) groups excluding carboxylic acids is 1. The highest BCUT2D eigenvalue weighted by molar-refractivity contribution is 5.94. The molecule has 0 aliphatic rings. The van der Waals surface area contributed by atoms with E-state index in [9.17, 15) is 18.0 Å². The SMILES string of the molecule is CN(Cc1cc(-c2ccc3ncnc(NCc4ccccc4)c3c2)ccc1F)C(=O)c1ccc(F)cc1F. The van der Waals surface area contributed by atoms with Crippen LogP contribution in [0.2, 0.25) is 0 Å². The molecule has 0 radical (unpaired) electrons. The molecule has 0 saturated carbocycles. The molecule has 0 saturated heterocycles. The van der Waals surface area contributed by atoms with Gasteiger partial charge < -0.3 is 10.2 Å². The van der Waals surface area contributed by atoms with Crippen molar-refractivity contribution in [2.45, 2.75) is 13.1 Å². The Labute approximate surface area is 217 Å². The first kappa shape index (κ1) is 25.0. The van der Waals surface area contributed by atoms with Crippen LogP contribution in [-0.4, -0.2) is 27.8 Å². The molecule has 190 valence electrons.